The fourth-order valence-electron chi connectivity index (χ4n) is 1.56. The highest BCUT2D eigenvalue weighted by Crippen LogP contribution is 2.10. The molecule has 1 amide bonds. The van der Waals surface area contributed by atoms with Gasteiger partial charge in [0.1, 0.15) is 0 Å². The van der Waals surface area contributed by atoms with Crippen molar-refractivity contribution in [3.05, 3.63) is 34.9 Å². The van der Waals surface area contributed by atoms with Crippen molar-refractivity contribution in [1.82, 2.24) is 5.32 Å². The van der Waals surface area contributed by atoms with Crippen molar-refractivity contribution in [2.24, 2.45) is 5.73 Å². The van der Waals surface area contributed by atoms with Gasteiger partial charge < -0.3 is 15.8 Å². The fourth-order valence-corrected chi connectivity index (χ4v) is 1.56. The Morgan fingerprint density at radius 2 is 2.11 bits per heavy atom. The Hall–Kier alpha value is -1.88. The van der Waals surface area contributed by atoms with Gasteiger partial charge in [-0.15, -0.1) is 0 Å². The summed E-state index contributed by atoms with van der Waals surface area (Å²) in [6.07, 6.45) is 0.342. The van der Waals surface area contributed by atoms with Crippen molar-refractivity contribution < 1.29 is 14.3 Å². The van der Waals surface area contributed by atoms with Crippen LogP contribution in [0.4, 0.5) is 0 Å². The van der Waals surface area contributed by atoms with Gasteiger partial charge in [0, 0.05) is 18.7 Å². The Labute approximate surface area is 106 Å². The van der Waals surface area contributed by atoms with E-state index in [1.807, 2.05) is 13.0 Å². The second-order valence-electron chi connectivity index (χ2n) is 4.01. The maximum atomic E-state index is 11.0. The Morgan fingerprint density at radius 3 is 2.67 bits per heavy atom. The summed E-state index contributed by atoms with van der Waals surface area (Å²) < 4.78 is 4.54. The van der Waals surface area contributed by atoms with E-state index in [9.17, 15) is 9.59 Å². The number of hydrogen-bond donors (Lipinski definition) is 2. The zero-order valence-electron chi connectivity index (χ0n) is 10.7. The number of benzene rings is 1. The first-order chi connectivity index (χ1) is 8.54. The third-order valence-electron chi connectivity index (χ3n) is 2.68. The van der Waals surface area contributed by atoms with Crippen LogP contribution in [0.2, 0.25) is 0 Å². The van der Waals surface area contributed by atoms with Crippen LogP contribution in [-0.4, -0.2) is 25.5 Å². The Kier molecular flexibility index (Phi) is 5.32. The number of carbonyl (C=O) groups excluding carboxylic acids is 2. The first-order valence-electron chi connectivity index (χ1n) is 5.71. The summed E-state index contributed by atoms with van der Waals surface area (Å²) in [5.74, 6) is -0.661. The van der Waals surface area contributed by atoms with Crippen LogP contribution in [-0.2, 0) is 16.1 Å². The summed E-state index contributed by atoms with van der Waals surface area (Å²) in [6.45, 7) is 3.12. The van der Waals surface area contributed by atoms with Gasteiger partial charge >= 0.3 is 5.97 Å². The molecule has 0 atom stereocenters. The van der Waals surface area contributed by atoms with Gasteiger partial charge in [-0.05, 0) is 30.2 Å². The van der Waals surface area contributed by atoms with Crippen LogP contribution >= 0.6 is 0 Å². The lowest BCUT2D eigenvalue weighted by molar-refractivity contribution is -0.140. The molecule has 3 N–H and O–H groups in total. The molecule has 5 nitrogen and oxygen atoms in total. The van der Waals surface area contributed by atoms with E-state index in [1.54, 1.807) is 12.1 Å². The van der Waals surface area contributed by atoms with E-state index in [-0.39, 0.29) is 5.97 Å². The predicted molar refractivity (Wildman–Crippen MR) is 68.0 cm³/mol. The largest absolute Gasteiger partial charge is 0.469 e. The molecule has 98 valence electrons. The van der Waals surface area contributed by atoms with Gasteiger partial charge in [0.2, 0.25) is 5.91 Å². The zero-order valence-corrected chi connectivity index (χ0v) is 10.7. The quantitative estimate of drug-likeness (QED) is 0.576. The number of esters is 1. The molecule has 0 aromatic heterocycles. The van der Waals surface area contributed by atoms with Crippen molar-refractivity contribution in [3.8, 4) is 0 Å². The lowest BCUT2D eigenvalue weighted by Gasteiger charge is -2.08. The topological polar surface area (TPSA) is 81.4 Å². The van der Waals surface area contributed by atoms with E-state index in [0.717, 1.165) is 11.1 Å². The molecule has 0 spiro atoms. The molecule has 0 aliphatic rings. The number of hydrogen-bond acceptors (Lipinski definition) is 4. The van der Waals surface area contributed by atoms with Gasteiger partial charge in [-0.25, -0.2) is 0 Å². The average molecular weight is 250 g/mol. The summed E-state index contributed by atoms with van der Waals surface area (Å²) in [5, 5.41) is 3.14. The first-order valence-corrected chi connectivity index (χ1v) is 5.71. The molecule has 0 saturated carbocycles. The van der Waals surface area contributed by atoms with Crippen LogP contribution in [0.3, 0.4) is 0 Å². The van der Waals surface area contributed by atoms with Gasteiger partial charge in [-0.2, -0.15) is 0 Å². The predicted octanol–water partition coefficient (Wildman–Crippen LogP) is 0.747. The van der Waals surface area contributed by atoms with Crippen LogP contribution < -0.4 is 11.1 Å². The number of nitrogens with two attached hydrogens (primary N) is 1. The Morgan fingerprint density at radius 1 is 1.39 bits per heavy atom. The van der Waals surface area contributed by atoms with Crippen LogP contribution in [0.1, 0.15) is 27.9 Å². The summed E-state index contributed by atoms with van der Waals surface area (Å²) >= 11 is 0. The number of nitrogens with one attached hydrogen (secondary N) is 1. The van der Waals surface area contributed by atoms with Crippen LogP contribution in [0.5, 0.6) is 0 Å². The lowest BCUT2D eigenvalue weighted by atomic mass is 10.0. The molecular formula is C13H18N2O3. The third-order valence-corrected chi connectivity index (χ3v) is 2.68. The standard InChI is InChI=1S/C13H18N2O3/c1-9-7-10(13(14)17)3-4-11(9)8-15-6-5-12(16)18-2/h3-4,7,15H,5-6,8H2,1-2H3,(H2,14,17). The van der Waals surface area contributed by atoms with Gasteiger partial charge in [-0.3, -0.25) is 9.59 Å². The third kappa shape index (κ3) is 4.18. The number of primary amides is 1. The van der Waals surface area contributed by atoms with Crippen molar-refractivity contribution in [1.29, 1.82) is 0 Å². The Balaban J connectivity index is 2.48. The zero-order chi connectivity index (χ0) is 13.5. The molecule has 0 radical (unpaired) electrons. The molecule has 0 fully saturated rings. The molecule has 0 unspecified atom stereocenters. The second-order valence-corrected chi connectivity index (χ2v) is 4.01. The minimum atomic E-state index is -0.427. The highest BCUT2D eigenvalue weighted by atomic mass is 16.5. The monoisotopic (exact) mass is 250 g/mol. The van der Waals surface area contributed by atoms with E-state index >= 15 is 0 Å². The summed E-state index contributed by atoms with van der Waals surface area (Å²) in [6, 6.07) is 5.33. The second kappa shape index (κ2) is 6.76. The normalized spacial score (nSPS) is 10.1. The SMILES string of the molecule is COC(=O)CCNCc1ccc(C(N)=O)cc1C. The molecule has 18 heavy (non-hydrogen) atoms. The van der Waals surface area contributed by atoms with Crippen molar-refractivity contribution in [2.75, 3.05) is 13.7 Å². The highest BCUT2D eigenvalue weighted by molar-refractivity contribution is 5.93. The summed E-state index contributed by atoms with van der Waals surface area (Å²) in [4.78, 5) is 21.9. The van der Waals surface area contributed by atoms with E-state index in [4.69, 9.17) is 5.73 Å². The van der Waals surface area contributed by atoms with E-state index in [0.29, 0.717) is 25.1 Å². The van der Waals surface area contributed by atoms with Crippen molar-refractivity contribution in [2.45, 2.75) is 19.9 Å². The molecule has 0 saturated heterocycles. The Bertz CT molecular complexity index is 444. The van der Waals surface area contributed by atoms with Crippen LogP contribution in [0, 0.1) is 6.92 Å². The number of aryl methyl sites for hydroxylation is 1. The maximum Gasteiger partial charge on any atom is 0.306 e. The smallest absolute Gasteiger partial charge is 0.306 e. The molecule has 0 aliphatic heterocycles. The molecule has 1 aromatic carbocycles. The maximum absolute atomic E-state index is 11.0. The number of amides is 1. The minimum absolute atomic E-state index is 0.233. The van der Waals surface area contributed by atoms with E-state index in [1.165, 1.54) is 7.11 Å². The van der Waals surface area contributed by atoms with Crippen molar-refractivity contribution >= 4 is 11.9 Å². The van der Waals surface area contributed by atoms with E-state index in [2.05, 4.69) is 10.1 Å². The van der Waals surface area contributed by atoms with Gasteiger partial charge in [0.05, 0.1) is 13.5 Å². The number of carbonyl (C=O) groups is 2. The highest BCUT2D eigenvalue weighted by Gasteiger charge is 2.04. The summed E-state index contributed by atoms with van der Waals surface area (Å²) in [7, 11) is 1.37. The van der Waals surface area contributed by atoms with Crippen molar-refractivity contribution in [3.63, 3.8) is 0 Å². The number of methoxy groups -OCH3 is 1. The molecule has 1 rings (SSSR count). The van der Waals surface area contributed by atoms with Crippen LogP contribution in [0.25, 0.3) is 0 Å². The van der Waals surface area contributed by atoms with Gasteiger partial charge in [0.25, 0.3) is 0 Å². The number of rotatable bonds is 6. The molecule has 5 heteroatoms. The minimum Gasteiger partial charge on any atom is -0.469 e. The molecule has 0 aliphatic carbocycles. The number of ether oxygens (including phenoxy) is 1. The lowest BCUT2D eigenvalue weighted by Crippen LogP contribution is -2.19. The molecule has 0 heterocycles. The van der Waals surface area contributed by atoms with E-state index < -0.39 is 5.91 Å². The summed E-state index contributed by atoms with van der Waals surface area (Å²) in [5.41, 5.74) is 7.77. The average Bonchev–Trinajstić information content (AvgIpc) is 2.35. The molecule has 0 bridgehead atoms. The fraction of sp³-hybridized carbons (Fsp3) is 0.385. The van der Waals surface area contributed by atoms with Gasteiger partial charge in [-0.1, -0.05) is 6.07 Å². The molecular weight excluding hydrogens is 232 g/mol. The van der Waals surface area contributed by atoms with Crippen LogP contribution in [0.15, 0.2) is 18.2 Å². The molecule has 1 aromatic rings. The first kappa shape index (κ1) is 14.2. The van der Waals surface area contributed by atoms with Gasteiger partial charge in [0.15, 0.2) is 0 Å².